The highest BCUT2D eigenvalue weighted by molar-refractivity contribution is 6.08. The number of ether oxygens (including phenoxy) is 1. The Morgan fingerprint density at radius 1 is 1.29 bits per heavy atom. The van der Waals surface area contributed by atoms with E-state index in [0.717, 1.165) is 0 Å². The molecule has 0 aliphatic carbocycles. The first-order valence-electron chi connectivity index (χ1n) is 7.19. The summed E-state index contributed by atoms with van der Waals surface area (Å²) in [5, 5.41) is 10.0. The van der Waals surface area contributed by atoms with Crippen LogP contribution in [0.2, 0.25) is 0 Å². The van der Waals surface area contributed by atoms with Crippen LogP contribution < -0.4 is 4.74 Å². The van der Waals surface area contributed by atoms with Crippen molar-refractivity contribution >= 4 is 23.2 Å². The SMILES string of the molecule is COc1ccc2c(C=O)c(C(=O)O)n(Cc3ccccc3F)c2c1. The van der Waals surface area contributed by atoms with Crippen molar-refractivity contribution in [3.63, 3.8) is 0 Å². The van der Waals surface area contributed by atoms with Crippen molar-refractivity contribution in [3.8, 4) is 5.75 Å². The number of carbonyl (C=O) groups excluding carboxylic acids is 1. The number of methoxy groups -OCH3 is 1. The van der Waals surface area contributed by atoms with Crippen LogP contribution in [-0.4, -0.2) is 29.0 Å². The van der Waals surface area contributed by atoms with E-state index < -0.39 is 11.8 Å². The van der Waals surface area contributed by atoms with Crippen molar-refractivity contribution in [2.45, 2.75) is 6.54 Å². The molecule has 1 N–H and O–H groups in total. The van der Waals surface area contributed by atoms with Crippen LogP contribution in [0.5, 0.6) is 5.75 Å². The molecule has 0 radical (unpaired) electrons. The smallest absolute Gasteiger partial charge is 0.353 e. The Bertz CT molecular complexity index is 946. The van der Waals surface area contributed by atoms with Gasteiger partial charge in [-0.3, -0.25) is 4.79 Å². The van der Waals surface area contributed by atoms with E-state index in [1.165, 1.54) is 17.7 Å². The predicted molar refractivity (Wildman–Crippen MR) is 86.3 cm³/mol. The van der Waals surface area contributed by atoms with Crippen molar-refractivity contribution in [3.05, 3.63) is 65.1 Å². The quantitative estimate of drug-likeness (QED) is 0.730. The van der Waals surface area contributed by atoms with Gasteiger partial charge in [-0.25, -0.2) is 9.18 Å². The molecule has 24 heavy (non-hydrogen) atoms. The predicted octanol–water partition coefficient (Wildman–Crippen LogP) is 3.35. The molecule has 5 nitrogen and oxygen atoms in total. The molecular formula is C18H14FNO4. The molecule has 1 aromatic heterocycles. The number of halogens is 1. The van der Waals surface area contributed by atoms with Gasteiger partial charge in [0.2, 0.25) is 0 Å². The number of nitrogens with zero attached hydrogens (tertiary/aromatic N) is 1. The van der Waals surface area contributed by atoms with E-state index in [1.807, 2.05) is 0 Å². The molecule has 0 aliphatic rings. The molecule has 6 heteroatoms. The van der Waals surface area contributed by atoms with Crippen LogP contribution in [0.15, 0.2) is 42.5 Å². The number of hydrogen-bond acceptors (Lipinski definition) is 3. The van der Waals surface area contributed by atoms with Gasteiger partial charge in [-0.2, -0.15) is 0 Å². The van der Waals surface area contributed by atoms with E-state index in [1.54, 1.807) is 36.4 Å². The van der Waals surface area contributed by atoms with Crippen LogP contribution in [0, 0.1) is 5.82 Å². The van der Waals surface area contributed by atoms with Crippen molar-refractivity contribution in [1.82, 2.24) is 4.57 Å². The van der Waals surface area contributed by atoms with E-state index in [-0.39, 0.29) is 17.8 Å². The number of aldehydes is 1. The molecule has 122 valence electrons. The molecular weight excluding hydrogens is 313 g/mol. The zero-order chi connectivity index (χ0) is 17.3. The average molecular weight is 327 g/mol. The van der Waals surface area contributed by atoms with E-state index in [9.17, 15) is 19.1 Å². The number of carboxylic acid groups (broad SMARTS) is 1. The van der Waals surface area contributed by atoms with Gasteiger partial charge in [-0.05, 0) is 18.2 Å². The van der Waals surface area contributed by atoms with Gasteiger partial charge >= 0.3 is 5.97 Å². The molecule has 1 heterocycles. The van der Waals surface area contributed by atoms with Crippen molar-refractivity contribution in [1.29, 1.82) is 0 Å². The van der Waals surface area contributed by atoms with Gasteiger partial charge in [0.05, 0.1) is 24.7 Å². The molecule has 0 atom stereocenters. The third-order valence-corrected chi connectivity index (χ3v) is 3.92. The molecule has 0 saturated carbocycles. The van der Waals surface area contributed by atoms with Crippen molar-refractivity contribution in [2.24, 2.45) is 0 Å². The Kier molecular flexibility index (Phi) is 4.04. The third kappa shape index (κ3) is 2.52. The molecule has 0 spiro atoms. The summed E-state index contributed by atoms with van der Waals surface area (Å²) < 4.78 is 20.6. The first kappa shape index (κ1) is 15.7. The van der Waals surface area contributed by atoms with Crippen LogP contribution >= 0.6 is 0 Å². The lowest BCUT2D eigenvalue weighted by molar-refractivity contribution is 0.0683. The van der Waals surface area contributed by atoms with Crippen LogP contribution in [0.3, 0.4) is 0 Å². The molecule has 0 amide bonds. The topological polar surface area (TPSA) is 68.5 Å². The summed E-state index contributed by atoms with van der Waals surface area (Å²) in [5.41, 5.74) is 0.724. The summed E-state index contributed by atoms with van der Waals surface area (Å²) in [7, 11) is 1.49. The number of benzene rings is 2. The third-order valence-electron chi connectivity index (χ3n) is 3.92. The second-order valence-corrected chi connectivity index (χ2v) is 5.25. The van der Waals surface area contributed by atoms with Gasteiger partial charge in [0.15, 0.2) is 6.29 Å². The summed E-state index contributed by atoms with van der Waals surface area (Å²) in [6.45, 7) is -0.00812. The average Bonchev–Trinajstić information content (AvgIpc) is 2.89. The summed E-state index contributed by atoms with van der Waals surface area (Å²) in [6.07, 6.45) is 0.510. The van der Waals surface area contributed by atoms with Crippen molar-refractivity contribution in [2.75, 3.05) is 7.11 Å². The number of carbonyl (C=O) groups is 2. The molecule has 0 saturated heterocycles. The highest BCUT2D eigenvalue weighted by Crippen LogP contribution is 2.29. The molecule has 0 bridgehead atoms. The monoisotopic (exact) mass is 327 g/mol. The first-order chi connectivity index (χ1) is 11.6. The normalized spacial score (nSPS) is 10.8. The van der Waals surface area contributed by atoms with E-state index in [0.29, 0.717) is 28.5 Å². The zero-order valence-corrected chi connectivity index (χ0v) is 12.8. The number of hydrogen-bond donors (Lipinski definition) is 1. The summed E-state index contributed by atoms with van der Waals surface area (Å²) in [5.74, 6) is -1.17. The zero-order valence-electron chi connectivity index (χ0n) is 12.8. The van der Waals surface area contributed by atoms with Crippen molar-refractivity contribution < 1.29 is 23.8 Å². The maximum absolute atomic E-state index is 14.0. The Hall–Kier alpha value is -3.15. The Morgan fingerprint density at radius 2 is 2.04 bits per heavy atom. The molecule has 2 aromatic carbocycles. The second-order valence-electron chi connectivity index (χ2n) is 5.25. The van der Waals surface area contributed by atoms with Gasteiger partial charge < -0.3 is 14.4 Å². The lowest BCUT2D eigenvalue weighted by Crippen LogP contribution is -2.12. The summed E-state index contributed by atoms with van der Waals surface area (Å²) in [6, 6.07) is 11.0. The highest BCUT2D eigenvalue weighted by atomic mass is 19.1. The minimum absolute atomic E-state index is 0.00812. The minimum Gasteiger partial charge on any atom is -0.497 e. The minimum atomic E-state index is -1.25. The number of rotatable bonds is 5. The van der Waals surface area contributed by atoms with E-state index >= 15 is 0 Å². The summed E-state index contributed by atoms with van der Waals surface area (Å²) in [4.78, 5) is 23.1. The van der Waals surface area contributed by atoms with Gasteiger partial charge in [0.25, 0.3) is 0 Å². The molecule has 0 aliphatic heterocycles. The Morgan fingerprint density at radius 3 is 2.67 bits per heavy atom. The van der Waals surface area contributed by atoms with Crippen LogP contribution in [-0.2, 0) is 6.54 Å². The first-order valence-corrected chi connectivity index (χ1v) is 7.19. The lowest BCUT2D eigenvalue weighted by Gasteiger charge is -2.10. The number of carboxylic acids is 1. The van der Waals surface area contributed by atoms with Crippen LogP contribution in [0.25, 0.3) is 10.9 Å². The fourth-order valence-electron chi connectivity index (χ4n) is 2.79. The molecule has 3 rings (SSSR count). The van der Waals surface area contributed by atoms with Gasteiger partial charge in [0.1, 0.15) is 17.3 Å². The van der Waals surface area contributed by atoms with Gasteiger partial charge in [-0.1, -0.05) is 18.2 Å². The summed E-state index contributed by atoms with van der Waals surface area (Å²) >= 11 is 0. The van der Waals surface area contributed by atoms with E-state index in [2.05, 4.69) is 0 Å². The Labute approximate surface area is 136 Å². The maximum Gasteiger partial charge on any atom is 0.353 e. The highest BCUT2D eigenvalue weighted by Gasteiger charge is 2.23. The molecule has 0 fully saturated rings. The fourth-order valence-corrected chi connectivity index (χ4v) is 2.79. The second kappa shape index (κ2) is 6.16. The number of fused-ring (bicyclic) bond motifs is 1. The van der Waals surface area contributed by atoms with Gasteiger partial charge in [-0.15, -0.1) is 0 Å². The van der Waals surface area contributed by atoms with Gasteiger partial charge in [0, 0.05) is 17.0 Å². The van der Waals surface area contributed by atoms with Crippen LogP contribution in [0.4, 0.5) is 4.39 Å². The lowest BCUT2D eigenvalue weighted by atomic mass is 10.1. The molecule has 0 unspecified atom stereocenters. The maximum atomic E-state index is 14.0. The fraction of sp³-hybridized carbons (Fsp3) is 0.111. The van der Waals surface area contributed by atoms with Crippen LogP contribution in [0.1, 0.15) is 26.4 Å². The largest absolute Gasteiger partial charge is 0.497 e. The van der Waals surface area contributed by atoms with E-state index in [4.69, 9.17) is 4.74 Å². The number of aromatic carboxylic acids is 1. The Balaban J connectivity index is 2.31. The molecule has 3 aromatic rings. The standard InChI is InChI=1S/C18H14FNO4/c1-24-12-6-7-13-14(10-21)17(18(22)23)20(16(13)8-12)9-11-4-2-3-5-15(11)19/h2-8,10H,9H2,1H3,(H,22,23). The number of aromatic nitrogens is 1.